The van der Waals surface area contributed by atoms with Gasteiger partial charge in [0.1, 0.15) is 0 Å². The zero-order valence-corrected chi connectivity index (χ0v) is 16.0. The van der Waals surface area contributed by atoms with Crippen LogP contribution in [0.4, 0.5) is 0 Å². The van der Waals surface area contributed by atoms with Gasteiger partial charge < -0.3 is 14.6 Å². The molecule has 142 valence electrons. The largest absolute Gasteiger partial charge is 0.463 e. The van der Waals surface area contributed by atoms with Crippen LogP contribution in [0.2, 0.25) is 0 Å². The number of aliphatic hydroxyl groups is 1. The Morgan fingerprint density at radius 3 is 1.75 bits per heavy atom. The summed E-state index contributed by atoms with van der Waals surface area (Å²) in [5.74, 6) is -2.13. The SMILES string of the molecule is CCCCCCCCC[C@@H](C(=O)OC(C)C)[C@H](O)C(=O)OC(C)C. The first kappa shape index (κ1) is 22.9. The van der Waals surface area contributed by atoms with Crippen molar-refractivity contribution >= 4 is 11.9 Å². The monoisotopic (exact) mass is 344 g/mol. The smallest absolute Gasteiger partial charge is 0.336 e. The number of esters is 2. The molecule has 0 aliphatic rings. The van der Waals surface area contributed by atoms with Gasteiger partial charge in [-0.1, -0.05) is 51.9 Å². The highest BCUT2D eigenvalue weighted by Gasteiger charge is 2.34. The van der Waals surface area contributed by atoms with Crippen molar-refractivity contribution in [2.45, 2.75) is 104 Å². The van der Waals surface area contributed by atoms with Gasteiger partial charge in [-0.05, 0) is 34.1 Å². The summed E-state index contributed by atoms with van der Waals surface area (Å²) in [6.45, 7) is 9.11. The molecule has 1 N–H and O–H groups in total. The second-order valence-electron chi connectivity index (χ2n) is 6.93. The van der Waals surface area contributed by atoms with E-state index in [1.807, 2.05) is 0 Å². The van der Waals surface area contributed by atoms with Gasteiger partial charge in [-0.2, -0.15) is 0 Å². The molecule has 0 saturated heterocycles. The lowest BCUT2D eigenvalue weighted by molar-refractivity contribution is -0.171. The zero-order valence-electron chi connectivity index (χ0n) is 16.0. The third kappa shape index (κ3) is 10.6. The van der Waals surface area contributed by atoms with Crippen LogP contribution in [-0.2, 0) is 19.1 Å². The van der Waals surface area contributed by atoms with Gasteiger partial charge in [0.2, 0.25) is 0 Å². The number of hydrogen-bond acceptors (Lipinski definition) is 5. The molecule has 2 atom stereocenters. The van der Waals surface area contributed by atoms with Crippen molar-refractivity contribution < 1.29 is 24.2 Å². The first-order valence-electron chi connectivity index (χ1n) is 9.38. The predicted molar refractivity (Wildman–Crippen MR) is 94.6 cm³/mol. The molecule has 0 amide bonds. The molecule has 0 bridgehead atoms. The molecule has 0 aromatic rings. The van der Waals surface area contributed by atoms with Gasteiger partial charge >= 0.3 is 11.9 Å². The number of aliphatic hydroxyl groups excluding tert-OH is 1. The third-order valence-electron chi connectivity index (χ3n) is 3.75. The minimum absolute atomic E-state index is 0.276. The first-order valence-corrected chi connectivity index (χ1v) is 9.38. The van der Waals surface area contributed by atoms with Crippen LogP contribution in [0.3, 0.4) is 0 Å². The number of rotatable bonds is 13. The minimum Gasteiger partial charge on any atom is -0.463 e. The van der Waals surface area contributed by atoms with Gasteiger partial charge in [-0.25, -0.2) is 4.79 Å². The van der Waals surface area contributed by atoms with E-state index in [2.05, 4.69) is 6.92 Å². The van der Waals surface area contributed by atoms with Crippen LogP contribution >= 0.6 is 0 Å². The number of unbranched alkanes of at least 4 members (excludes halogenated alkanes) is 6. The molecule has 5 nitrogen and oxygen atoms in total. The topological polar surface area (TPSA) is 72.8 Å². The van der Waals surface area contributed by atoms with Gasteiger partial charge in [-0.3, -0.25) is 4.79 Å². The average molecular weight is 344 g/mol. The molecule has 0 aromatic carbocycles. The van der Waals surface area contributed by atoms with Crippen molar-refractivity contribution in [3.05, 3.63) is 0 Å². The van der Waals surface area contributed by atoms with E-state index in [9.17, 15) is 14.7 Å². The summed E-state index contributed by atoms with van der Waals surface area (Å²) in [6, 6.07) is 0. The van der Waals surface area contributed by atoms with Crippen molar-refractivity contribution in [2.75, 3.05) is 0 Å². The Morgan fingerprint density at radius 1 is 0.792 bits per heavy atom. The maximum atomic E-state index is 12.2. The van der Waals surface area contributed by atoms with E-state index in [1.54, 1.807) is 27.7 Å². The molecule has 0 aliphatic heterocycles. The van der Waals surface area contributed by atoms with Crippen LogP contribution in [0.15, 0.2) is 0 Å². The second kappa shape index (κ2) is 13.2. The Labute approximate surface area is 147 Å². The first-order chi connectivity index (χ1) is 11.3. The molecule has 0 rings (SSSR count). The van der Waals surface area contributed by atoms with Crippen LogP contribution in [0.25, 0.3) is 0 Å². The van der Waals surface area contributed by atoms with Crippen molar-refractivity contribution in [1.29, 1.82) is 0 Å². The summed E-state index contributed by atoms with van der Waals surface area (Å²) in [5, 5.41) is 10.2. The fourth-order valence-corrected chi connectivity index (χ4v) is 2.51. The maximum absolute atomic E-state index is 12.2. The average Bonchev–Trinajstić information content (AvgIpc) is 2.48. The molecule has 0 radical (unpaired) electrons. The molecule has 5 heteroatoms. The van der Waals surface area contributed by atoms with Crippen LogP contribution in [0.5, 0.6) is 0 Å². The fraction of sp³-hybridized carbons (Fsp3) is 0.895. The lowest BCUT2D eigenvalue weighted by Crippen LogP contribution is -2.38. The lowest BCUT2D eigenvalue weighted by atomic mass is 9.94. The fourth-order valence-electron chi connectivity index (χ4n) is 2.51. The summed E-state index contributed by atoms with van der Waals surface area (Å²) in [4.78, 5) is 24.1. The minimum atomic E-state index is -1.46. The molecule has 0 aromatic heterocycles. The summed E-state index contributed by atoms with van der Waals surface area (Å²) in [7, 11) is 0. The lowest BCUT2D eigenvalue weighted by Gasteiger charge is -2.22. The molecular formula is C19H36O5. The van der Waals surface area contributed by atoms with Gasteiger partial charge in [0.15, 0.2) is 6.10 Å². The van der Waals surface area contributed by atoms with E-state index in [-0.39, 0.29) is 12.2 Å². The summed E-state index contributed by atoms with van der Waals surface area (Å²) >= 11 is 0. The molecule has 0 heterocycles. The Kier molecular flexibility index (Phi) is 12.6. The molecule has 0 unspecified atom stereocenters. The summed E-state index contributed by atoms with van der Waals surface area (Å²) in [6.07, 6.45) is 6.15. The van der Waals surface area contributed by atoms with Gasteiger partial charge in [0.05, 0.1) is 18.1 Å². The van der Waals surface area contributed by atoms with Gasteiger partial charge in [-0.15, -0.1) is 0 Å². The number of carbonyl (C=O) groups excluding carboxylic acids is 2. The second-order valence-corrected chi connectivity index (χ2v) is 6.93. The highest BCUT2D eigenvalue weighted by molar-refractivity contribution is 5.83. The number of ether oxygens (including phenoxy) is 2. The van der Waals surface area contributed by atoms with Crippen LogP contribution in [-0.4, -0.2) is 35.4 Å². The van der Waals surface area contributed by atoms with Crippen LogP contribution in [0.1, 0.15) is 86.0 Å². The Bertz CT molecular complexity index is 352. The quantitative estimate of drug-likeness (QED) is 0.404. The van der Waals surface area contributed by atoms with Crippen molar-refractivity contribution in [3.63, 3.8) is 0 Å². The van der Waals surface area contributed by atoms with E-state index in [0.29, 0.717) is 6.42 Å². The van der Waals surface area contributed by atoms with E-state index in [1.165, 1.54) is 25.7 Å². The number of carbonyl (C=O) groups is 2. The third-order valence-corrected chi connectivity index (χ3v) is 3.75. The highest BCUT2D eigenvalue weighted by Crippen LogP contribution is 2.19. The van der Waals surface area contributed by atoms with Crippen molar-refractivity contribution in [2.24, 2.45) is 5.92 Å². The molecule has 0 saturated carbocycles. The van der Waals surface area contributed by atoms with E-state index in [0.717, 1.165) is 19.3 Å². The number of hydrogen-bond donors (Lipinski definition) is 1. The summed E-state index contributed by atoms with van der Waals surface area (Å²) < 4.78 is 10.2. The molecule has 0 aliphatic carbocycles. The Morgan fingerprint density at radius 2 is 1.25 bits per heavy atom. The van der Waals surface area contributed by atoms with Gasteiger partial charge in [0.25, 0.3) is 0 Å². The molecular weight excluding hydrogens is 308 g/mol. The normalized spacial score (nSPS) is 13.8. The van der Waals surface area contributed by atoms with Crippen LogP contribution in [0, 0.1) is 5.92 Å². The van der Waals surface area contributed by atoms with Crippen molar-refractivity contribution in [3.8, 4) is 0 Å². The van der Waals surface area contributed by atoms with Crippen molar-refractivity contribution in [1.82, 2.24) is 0 Å². The maximum Gasteiger partial charge on any atom is 0.336 e. The van der Waals surface area contributed by atoms with E-state index >= 15 is 0 Å². The van der Waals surface area contributed by atoms with E-state index in [4.69, 9.17) is 9.47 Å². The Hall–Kier alpha value is -1.10. The van der Waals surface area contributed by atoms with E-state index < -0.39 is 24.0 Å². The summed E-state index contributed by atoms with van der Waals surface area (Å²) in [5.41, 5.74) is 0. The molecule has 0 fully saturated rings. The van der Waals surface area contributed by atoms with Gasteiger partial charge in [0, 0.05) is 0 Å². The molecule has 24 heavy (non-hydrogen) atoms. The van der Waals surface area contributed by atoms with Crippen LogP contribution < -0.4 is 0 Å². The zero-order chi connectivity index (χ0) is 18.5. The Balaban J connectivity index is 4.48. The standard InChI is InChI=1S/C19H36O5/c1-6-7-8-9-10-11-12-13-16(18(21)23-14(2)3)17(20)19(22)24-15(4)5/h14-17,20H,6-13H2,1-5H3/t16-,17+/m1/s1. The highest BCUT2D eigenvalue weighted by atomic mass is 16.6. The predicted octanol–water partition coefficient (Wildman–Crippen LogP) is 4.01. The molecule has 0 spiro atoms.